The van der Waals surface area contributed by atoms with Crippen molar-refractivity contribution in [2.75, 3.05) is 39.9 Å². The van der Waals surface area contributed by atoms with E-state index in [1.165, 1.54) is 0 Å². The summed E-state index contributed by atoms with van der Waals surface area (Å²) in [6.07, 6.45) is 4.89. The van der Waals surface area contributed by atoms with Gasteiger partial charge in [0.25, 0.3) is 0 Å². The molecule has 1 N–H and O–H groups in total. The Kier molecular flexibility index (Phi) is 4.23. The van der Waals surface area contributed by atoms with E-state index in [0.29, 0.717) is 19.2 Å². The van der Waals surface area contributed by atoms with Gasteiger partial charge in [-0.1, -0.05) is 0 Å². The highest BCUT2D eigenvalue weighted by atomic mass is 16.5. The minimum absolute atomic E-state index is 0.174. The highest BCUT2D eigenvalue weighted by molar-refractivity contribution is 5.86. The first-order chi connectivity index (χ1) is 10.6. The molecular weight excluding hydrogens is 280 g/mol. The molecule has 0 bridgehead atoms. The van der Waals surface area contributed by atoms with Crippen LogP contribution < -0.4 is 5.32 Å². The molecule has 2 saturated heterocycles. The number of hydrogen-bond acceptors (Lipinski definition) is 4. The SMILES string of the molecule is COCCN1CC[C@]2(CNC[C@@H]2c2cn(C(C)C)cn2)C1=O. The van der Waals surface area contributed by atoms with Gasteiger partial charge in [0.15, 0.2) is 0 Å². The molecule has 0 saturated carbocycles. The van der Waals surface area contributed by atoms with Gasteiger partial charge in [-0.3, -0.25) is 4.79 Å². The Morgan fingerprint density at radius 3 is 3.05 bits per heavy atom. The van der Waals surface area contributed by atoms with Gasteiger partial charge in [-0.15, -0.1) is 0 Å². The van der Waals surface area contributed by atoms with Crippen molar-refractivity contribution in [3.8, 4) is 0 Å². The van der Waals surface area contributed by atoms with Crippen LogP contribution in [0.15, 0.2) is 12.5 Å². The van der Waals surface area contributed by atoms with E-state index in [9.17, 15) is 4.79 Å². The van der Waals surface area contributed by atoms with Crippen LogP contribution >= 0.6 is 0 Å². The van der Waals surface area contributed by atoms with Crippen molar-refractivity contribution in [3.05, 3.63) is 18.2 Å². The third kappa shape index (κ3) is 2.44. The van der Waals surface area contributed by atoms with Gasteiger partial charge < -0.3 is 19.5 Å². The number of aromatic nitrogens is 2. The van der Waals surface area contributed by atoms with Crippen molar-refractivity contribution in [2.24, 2.45) is 5.41 Å². The number of nitrogens with zero attached hydrogens (tertiary/aromatic N) is 3. The predicted molar refractivity (Wildman–Crippen MR) is 83.7 cm³/mol. The Bertz CT molecular complexity index is 542. The molecule has 2 fully saturated rings. The van der Waals surface area contributed by atoms with Gasteiger partial charge in [-0.2, -0.15) is 0 Å². The molecule has 6 nitrogen and oxygen atoms in total. The lowest BCUT2D eigenvalue weighted by molar-refractivity contribution is -0.136. The van der Waals surface area contributed by atoms with Crippen molar-refractivity contribution in [1.82, 2.24) is 19.8 Å². The summed E-state index contributed by atoms with van der Waals surface area (Å²) in [5.41, 5.74) is 0.727. The standard InChI is InChI=1S/C16H26N4O2/c1-12(2)20-9-14(18-11-20)13-8-17-10-16(13)4-5-19(15(16)21)6-7-22-3/h9,11-13,17H,4-8,10H2,1-3H3/t13-,16-/m1/s1. The Morgan fingerprint density at radius 1 is 1.55 bits per heavy atom. The minimum Gasteiger partial charge on any atom is -0.383 e. The van der Waals surface area contributed by atoms with E-state index in [1.54, 1.807) is 7.11 Å². The summed E-state index contributed by atoms with van der Waals surface area (Å²) in [4.78, 5) is 19.5. The van der Waals surface area contributed by atoms with Gasteiger partial charge in [-0.05, 0) is 20.3 Å². The minimum atomic E-state index is -0.316. The molecule has 6 heteroatoms. The number of likely N-dealkylation sites (tertiary alicyclic amines) is 1. The summed E-state index contributed by atoms with van der Waals surface area (Å²) in [5.74, 6) is 0.436. The monoisotopic (exact) mass is 306 g/mol. The number of rotatable bonds is 5. The lowest BCUT2D eigenvalue weighted by Crippen LogP contribution is -2.40. The smallest absolute Gasteiger partial charge is 0.230 e. The molecule has 2 atom stereocenters. The maximum absolute atomic E-state index is 13.0. The lowest BCUT2D eigenvalue weighted by Gasteiger charge is -2.27. The Morgan fingerprint density at radius 2 is 2.36 bits per heavy atom. The largest absolute Gasteiger partial charge is 0.383 e. The van der Waals surface area contributed by atoms with Crippen LogP contribution in [0.2, 0.25) is 0 Å². The van der Waals surface area contributed by atoms with Crippen molar-refractivity contribution in [3.63, 3.8) is 0 Å². The maximum Gasteiger partial charge on any atom is 0.230 e. The highest BCUT2D eigenvalue weighted by Gasteiger charge is 2.55. The van der Waals surface area contributed by atoms with E-state index in [-0.39, 0.29) is 17.2 Å². The molecule has 1 aromatic rings. The topological polar surface area (TPSA) is 59.4 Å². The fraction of sp³-hybridized carbons (Fsp3) is 0.750. The van der Waals surface area contributed by atoms with Crippen molar-refractivity contribution >= 4 is 5.91 Å². The molecule has 122 valence electrons. The van der Waals surface area contributed by atoms with Crippen LogP contribution in [0.1, 0.15) is 37.9 Å². The van der Waals surface area contributed by atoms with E-state index in [4.69, 9.17) is 4.74 Å². The van der Waals surface area contributed by atoms with Crippen LogP contribution in [0.25, 0.3) is 0 Å². The lowest BCUT2D eigenvalue weighted by atomic mass is 9.75. The summed E-state index contributed by atoms with van der Waals surface area (Å²) in [6, 6.07) is 0.393. The average molecular weight is 306 g/mol. The number of carbonyl (C=O) groups is 1. The fourth-order valence-electron chi connectivity index (χ4n) is 3.72. The second-order valence-electron chi connectivity index (χ2n) is 6.71. The molecule has 2 aliphatic heterocycles. The second-order valence-corrected chi connectivity index (χ2v) is 6.71. The van der Waals surface area contributed by atoms with Crippen LogP contribution in [0.4, 0.5) is 0 Å². The first kappa shape index (κ1) is 15.5. The fourth-order valence-corrected chi connectivity index (χ4v) is 3.72. The molecule has 3 heterocycles. The summed E-state index contributed by atoms with van der Waals surface area (Å²) < 4.78 is 7.23. The van der Waals surface area contributed by atoms with E-state index in [0.717, 1.165) is 31.7 Å². The third-order valence-corrected chi connectivity index (χ3v) is 5.14. The van der Waals surface area contributed by atoms with Crippen molar-refractivity contribution < 1.29 is 9.53 Å². The van der Waals surface area contributed by atoms with Gasteiger partial charge >= 0.3 is 0 Å². The number of imidazole rings is 1. The van der Waals surface area contributed by atoms with Crippen LogP contribution in [-0.2, 0) is 9.53 Å². The van der Waals surface area contributed by atoms with Crippen LogP contribution in [-0.4, -0.2) is 60.3 Å². The van der Waals surface area contributed by atoms with Gasteiger partial charge in [0.05, 0.1) is 24.0 Å². The van der Waals surface area contributed by atoms with E-state index in [1.807, 2.05) is 11.2 Å². The summed E-state index contributed by atoms with van der Waals surface area (Å²) in [5, 5.41) is 3.42. The number of methoxy groups -OCH3 is 1. The number of nitrogens with one attached hydrogen (secondary N) is 1. The number of amides is 1. The highest BCUT2D eigenvalue weighted by Crippen LogP contribution is 2.46. The van der Waals surface area contributed by atoms with E-state index in [2.05, 4.69) is 34.9 Å². The molecule has 0 aliphatic carbocycles. The van der Waals surface area contributed by atoms with Gasteiger partial charge in [-0.25, -0.2) is 4.98 Å². The molecule has 1 aromatic heterocycles. The van der Waals surface area contributed by atoms with E-state index < -0.39 is 0 Å². The van der Waals surface area contributed by atoms with Crippen LogP contribution in [0.3, 0.4) is 0 Å². The molecule has 2 aliphatic rings. The first-order valence-electron chi connectivity index (χ1n) is 8.11. The third-order valence-electron chi connectivity index (χ3n) is 5.14. The zero-order valence-electron chi connectivity index (χ0n) is 13.7. The molecule has 0 unspecified atom stereocenters. The van der Waals surface area contributed by atoms with Gasteiger partial charge in [0.1, 0.15) is 0 Å². The van der Waals surface area contributed by atoms with Crippen molar-refractivity contribution in [2.45, 2.75) is 32.2 Å². The van der Waals surface area contributed by atoms with Crippen LogP contribution in [0, 0.1) is 5.41 Å². The van der Waals surface area contributed by atoms with Gasteiger partial charge in [0.2, 0.25) is 5.91 Å². The zero-order chi connectivity index (χ0) is 15.7. The summed E-state index contributed by atoms with van der Waals surface area (Å²) in [6.45, 7) is 7.98. The molecule has 3 rings (SSSR count). The predicted octanol–water partition coefficient (Wildman–Crippen LogP) is 1.02. The molecular formula is C16H26N4O2. The molecule has 0 aromatic carbocycles. The molecule has 1 amide bonds. The average Bonchev–Trinajstić information content (AvgIpc) is 3.19. The molecule has 22 heavy (non-hydrogen) atoms. The normalized spacial score (nSPS) is 28.5. The number of ether oxygens (including phenoxy) is 1. The maximum atomic E-state index is 13.0. The van der Waals surface area contributed by atoms with Crippen LogP contribution in [0.5, 0.6) is 0 Å². The zero-order valence-corrected chi connectivity index (χ0v) is 13.7. The quantitative estimate of drug-likeness (QED) is 0.882. The first-order valence-corrected chi connectivity index (χ1v) is 8.11. The molecule has 1 spiro atoms. The Hall–Kier alpha value is -1.40. The Balaban J connectivity index is 1.81. The summed E-state index contributed by atoms with van der Waals surface area (Å²) in [7, 11) is 1.68. The van der Waals surface area contributed by atoms with Gasteiger partial charge in [0, 0.05) is 51.4 Å². The summed E-state index contributed by atoms with van der Waals surface area (Å²) >= 11 is 0. The Labute approximate surface area is 131 Å². The second kappa shape index (κ2) is 6.01. The van der Waals surface area contributed by atoms with E-state index >= 15 is 0 Å². The number of carbonyl (C=O) groups excluding carboxylic acids is 1. The molecule has 0 radical (unpaired) electrons. The number of hydrogen-bond donors (Lipinski definition) is 1. The van der Waals surface area contributed by atoms with Crippen molar-refractivity contribution in [1.29, 1.82) is 0 Å².